The summed E-state index contributed by atoms with van der Waals surface area (Å²) in [4.78, 5) is 13.1. The maximum Gasteiger partial charge on any atom is 0.329 e. The molecule has 0 aliphatic rings. The van der Waals surface area contributed by atoms with Crippen LogP contribution in [0.3, 0.4) is 0 Å². The number of hydrogen-bond acceptors (Lipinski definition) is 2. The van der Waals surface area contributed by atoms with E-state index in [0.29, 0.717) is 6.54 Å². The van der Waals surface area contributed by atoms with Crippen molar-refractivity contribution in [3.8, 4) is 0 Å². The van der Waals surface area contributed by atoms with Crippen molar-refractivity contribution in [2.24, 2.45) is 0 Å². The van der Waals surface area contributed by atoms with Crippen molar-refractivity contribution in [3.63, 3.8) is 0 Å². The summed E-state index contributed by atoms with van der Waals surface area (Å²) in [7, 11) is 0. The van der Waals surface area contributed by atoms with Gasteiger partial charge in [-0.3, -0.25) is 9.13 Å². The summed E-state index contributed by atoms with van der Waals surface area (Å²) in [6.07, 6.45) is 2.11. The Bertz CT molecular complexity index is 1100. The lowest BCUT2D eigenvalue weighted by atomic mass is 10.1. The van der Waals surface area contributed by atoms with Gasteiger partial charge in [0.1, 0.15) is 0 Å². The molecule has 25 heavy (non-hydrogen) atoms. The van der Waals surface area contributed by atoms with Gasteiger partial charge in [-0.25, -0.2) is 4.79 Å². The fourth-order valence-corrected chi connectivity index (χ4v) is 4.62. The van der Waals surface area contributed by atoms with Gasteiger partial charge < -0.3 is 0 Å². The molecule has 4 heteroatoms. The average Bonchev–Trinajstić information content (AvgIpc) is 3.15. The predicted molar refractivity (Wildman–Crippen MR) is 107 cm³/mol. The molecule has 4 rings (SSSR count). The molecule has 0 unspecified atom stereocenters. The van der Waals surface area contributed by atoms with E-state index in [1.807, 2.05) is 21.3 Å². The Kier molecular flexibility index (Phi) is 4.22. The van der Waals surface area contributed by atoms with E-state index in [4.69, 9.17) is 0 Å². The number of para-hydroxylation sites is 2. The Morgan fingerprint density at radius 1 is 1.00 bits per heavy atom. The van der Waals surface area contributed by atoms with Crippen LogP contribution in [0.2, 0.25) is 0 Å². The summed E-state index contributed by atoms with van der Waals surface area (Å²) in [6.45, 7) is 5.71. The minimum Gasteiger partial charge on any atom is -0.292 e. The number of nitrogens with zero attached hydrogens (tertiary/aromatic N) is 2. The largest absolute Gasteiger partial charge is 0.329 e. The highest BCUT2D eigenvalue weighted by Crippen LogP contribution is 2.29. The lowest BCUT2D eigenvalue weighted by Gasteiger charge is -2.04. The van der Waals surface area contributed by atoms with E-state index >= 15 is 0 Å². The van der Waals surface area contributed by atoms with E-state index in [1.165, 1.54) is 21.2 Å². The van der Waals surface area contributed by atoms with Crippen molar-refractivity contribution >= 4 is 32.5 Å². The van der Waals surface area contributed by atoms with E-state index in [1.54, 1.807) is 11.3 Å². The molecule has 0 fully saturated rings. The fraction of sp³-hybridized carbons (Fsp3) is 0.286. The van der Waals surface area contributed by atoms with Gasteiger partial charge in [0.15, 0.2) is 0 Å². The second-order valence-electron chi connectivity index (χ2n) is 6.57. The number of benzene rings is 2. The van der Waals surface area contributed by atoms with Crippen LogP contribution in [0, 0.1) is 6.92 Å². The molecule has 2 heterocycles. The highest BCUT2D eigenvalue weighted by atomic mass is 32.1. The monoisotopic (exact) mass is 350 g/mol. The number of thiophene rings is 1. The molecule has 0 N–H and O–H groups in total. The van der Waals surface area contributed by atoms with Crippen LogP contribution in [0.5, 0.6) is 0 Å². The van der Waals surface area contributed by atoms with Crippen LogP contribution >= 0.6 is 11.3 Å². The van der Waals surface area contributed by atoms with Crippen molar-refractivity contribution in [2.75, 3.05) is 0 Å². The summed E-state index contributed by atoms with van der Waals surface area (Å²) < 4.78 is 5.15. The number of fused-ring (bicyclic) bond motifs is 2. The number of aromatic nitrogens is 2. The van der Waals surface area contributed by atoms with Crippen LogP contribution in [0.4, 0.5) is 0 Å². The number of hydrogen-bond donors (Lipinski definition) is 0. The van der Waals surface area contributed by atoms with Gasteiger partial charge in [0, 0.05) is 16.6 Å². The first-order valence-corrected chi connectivity index (χ1v) is 9.72. The van der Waals surface area contributed by atoms with Gasteiger partial charge in [-0.1, -0.05) is 37.6 Å². The summed E-state index contributed by atoms with van der Waals surface area (Å²) in [5.74, 6) is 0. The maximum absolute atomic E-state index is 13.1. The van der Waals surface area contributed by atoms with Gasteiger partial charge in [-0.05, 0) is 48.1 Å². The zero-order valence-electron chi connectivity index (χ0n) is 14.7. The molecule has 2 aromatic heterocycles. The second-order valence-corrected chi connectivity index (χ2v) is 7.48. The molecule has 128 valence electrons. The van der Waals surface area contributed by atoms with Gasteiger partial charge in [0.25, 0.3) is 0 Å². The third-order valence-electron chi connectivity index (χ3n) is 4.87. The minimum absolute atomic E-state index is 0.0996. The molecular weight excluding hydrogens is 328 g/mol. The molecule has 2 aromatic carbocycles. The third-order valence-corrected chi connectivity index (χ3v) is 5.87. The SMILES string of the molecule is CCCCn1c(=O)n(Cc2csc3cccc(C)c23)c2ccccc21. The van der Waals surface area contributed by atoms with Gasteiger partial charge >= 0.3 is 5.69 Å². The van der Waals surface area contributed by atoms with Gasteiger partial charge in [0.05, 0.1) is 17.6 Å². The summed E-state index contributed by atoms with van der Waals surface area (Å²) in [5, 5.41) is 3.49. The average molecular weight is 350 g/mol. The van der Waals surface area contributed by atoms with Crippen LogP contribution in [-0.4, -0.2) is 9.13 Å². The standard InChI is InChI=1S/C21H22N2OS/c1-3-4-12-22-17-9-5-6-10-18(17)23(21(22)24)13-16-14-25-19-11-7-8-15(2)20(16)19/h5-11,14H,3-4,12-13H2,1-2H3. The molecule has 0 saturated heterocycles. The van der Waals surface area contributed by atoms with Gasteiger partial charge in [-0.15, -0.1) is 11.3 Å². The molecule has 0 atom stereocenters. The topological polar surface area (TPSA) is 26.9 Å². The molecule has 0 aliphatic heterocycles. The van der Waals surface area contributed by atoms with E-state index < -0.39 is 0 Å². The molecular formula is C21H22N2OS. The fourth-order valence-electron chi connectivity index (χ4n) is 3.59. The molecule has 0 radical (unpaired) electrons. The zero-order valence-corrected chi connectivity index (χ0v) is 15.5. The molecule has 4 aromatic rings. The van der Waals surface area contributed by atoms with Crippen molar-refractivity contribution in [2.45, 2.75) is 39.8 Å². The highest BCUT2D eigenvalue weighted by Gasteiger charge is 2.15. The van der Waals surface area contributed by atoms with Crippen LogP contribution in [0.1, 0.15) is 30.9 Å². The molecule has 0 amide bonds. The number of unbranched alkanes of at least 4 members (excludes halogenated alkanes) is 1. The van der Waals surface area contributed by atoms with Crippen LogP contribution in [-0.2, 0) is 13.1 Å². The summed E-state index contributed by atoms with van der Waals surface area (Å²) >= 11 is 1.76. The summed E-state index contributed by atoms with van der Waals surface area (Å²) in [6, 6.07) is 14.5. The predicted octanol–water partition coefficient (Wildman–Crippen LogP) is 5.17. The minimum atomic E-state index is 0.0996. The lowest BCUT2D eigenvalue weighted by molar-refractivity contribution is 0.607. The summed E-state index contributed by atoms with van der Waals surface area (Å²) in [5.41, 5.74) is 4.67. The van der Waals surface area contributed by atoms with E-state index in [-0.39, 0.29) is 5.69 Å². The first-order chi connectivity index (χ1) is 12.2. The molecule has 0 aliphatic carbocycles. The Morgan fingerprint density at radius 2 is 1.76 bits per heavy atom. The van der Waals surface area contributed by atoms with Gasteiger partial charge in [0.2, 0.25) is 0 Å². The molecule has 3 nitrogen and oxygen atoms in total. The first kappa shape index (κ1) is 16.2. The normalized spacial score (nSPS) is 11.6. The van der Waals surface area contributed by atoms with E-state index in [2.05, 4.69) is 49.6 Å². The van der Waals surface area contributed by atoms with Crippen LogP contribution in [0.15, 0.2) is 52.6 Å². The van der Waals surface area contributed by atoms with E-state index in [0.717, 1.165) is 30.4 Å². The smallest absolute Gasteiger partial charge is 0.292 e. The Balaban J connectivity index is 1.86. The molecule has 0 bridgehead atoms. The van der Waals surface area contributed by atoms with Crippen LogP contribution < -0.4 is 5.69 Å². The lowest BCUT2D eigenvalue weighted by Crippen LogP contribution is -2.24. The highest BCUT2D eigenvalue weighted by molar-refractivity contribution is 7.17. The van der Waals surface area contributed by atoms with Crippen molar-refractivity contribution in [3.05, 3.63) is 69.5 Å². The Labute approximate surface area is 151 Å². The number of rotatable bonds is 5. The van der Waals surface area contributed by atoms with E-state index in [9.17, 15) is 4.79 Å². The maximum atomic E-state index is 13.1. The number of aryl methyl sites for hydroxylation is 2. The van der Waals surface area contributed by atoms with Crippen molar-refractivity contribution in [1.82, 2.24) is 9.13 Å². The zero-order chi connectivity index (χ0) is 17.4. The quantitative estimate of drug-likeness (QED) is 0.487. The molecule has 0 saturated carbocycles. The van der Waals surface area contributed by atoms with Gasteiger partial charge in [-0.2, -0.15) is 0 Å². The van der Waals surface area contributed by atoms with Crippen LogP contribution in [0.25, 0.3) is 21.1 Å². The van der Waals surface area contributed by atoms with Crippen molar-refractivity contribution < 1.29 is 0 Å². The number of imidazole rings is 1. The van der Waals surface area contributed by atoms with Crippen molar-refractivity contribution in [1.29, 1.82) is 0 Å². The first-order valence-electron chi connectivity index (χ1n) is 8.84. The Morgan fingerprint density at radius 3 is 2.52 bits per heavy atom. The molecule has 0 spiro atoms. The second kappa shape index (κ2) is 6.52. The Hall–Kier alpha value is -2.33. The third kappa shape index (κ3) is 2.71.